The lowest BCUT2D eigenvalue weighted by Gasteiger charge is -1.98. The summed E-state index contributed by atoms with van der Waals surface area (Å²) in [5.74, 6) is 0. The lowest BCUT2D eigenvalue weighted by molar-refractivity contribution is 0.198. The average Bonchev–Trinajstić information content (AvgIpc) is 2.38. The molecule has 5 heteroatoms. The molecule has 0 aromatic heterocycles. The summed E-state index contributed by atoms with van der Waals surface area (Å²) >= 11 is 0. The first-order valence-corrected chi connectivity index (χ1v) is 5.60. The molecule has 1 aliphatic heterocycles. The van der Waals surface area contributed by atoms with Crippen LogP contribution in [0.25, 0.3) is 0 Å². The van der Waals surface area contributed by atoms with E-state index in [1.807, 2.05) is 30.4 Å². The van der Waals surface area contributed by atoms with E-state index < -0.39 is 6.09 Å². The van der Waals surface area contributed by atoms with Crippen LogP contribution < -0.4 is 10.6 Å². The van der Waals surface area contributed by atoms with Gasteiger partial charge in [-0.15, -0.1) is 0 Å². The minimum absolute atomic E-state index is 0.378. The number of nitrogens with zero attached hydrogens (tertiary/aromatic N) is 1. The van der Waals surface area contributed by atoms with Crippen molar-refractivity contribution in [1.82, 2.24) is 10.6 Å². The Morgan fingerprint density at radius 2 is 1.74 bits per heavy atom. The third-order valence-corrected chi connectivity index (χ3v) is 1.86. The minimum Gasteiger partial charge on any atom is -0.465 e. The summed E-state index contributed by atoms with van der Waals surface area (Å²) in [6, 6.07) is 0. The molecule has 1 amide bonds. The molecule has 0 radical (unpaired) electrons. The second kappa shape index (κ2) is 9.23. The van der Waals surface area contributed by atoms with Gasteiger partial charge in [-0.1, -0.05) is 36.5 Å². The molecule has 0 fully saturated rings. The third-order valence-electron chi connectivity index (χ3n) is 1.86. The van der Waals surface area contributed by atoms with E-state index in [2.05, 4.69) is 15.6 Å². The van der Waals surface area contributed by atoms with Crippen LogP contribution in [0, 0.1) is 0 Å². The Bertz CT molecular complexity index is 495. The van der Waals surface area contributed by atoms with Gasteiger partial charge in [-0.3, -0.25) is 10.3 Å². The van der Waals surface area contributed by atoms with Crippen LogP contribution in [-0.4, -0.2) is 17.4 Å². The van der Waals surface area contributed by atoms with E-state index in [1.165, 1.54) is 12.4 Å². The fourth-order valence-corrected chi connectivity index (χ4v) is 1.10. The topological polar surface area (TPSA) is 73.7 Å². The first kappa shape index (κ1) is 14.2. The van der Waals surface area contributed by atoms with E-state index in [0.29, 0.717) is 5.70 Å². The van der Waals surface area contributed by atoms with Crippen LogP contribution in [0.3, 0.4) is 0 Å². The molecule has 19 heavy (non-hydrogen) atoms. The van der Waals surface area contributed by atoms with Gasteiger partial charge in [0.25, 0.3) is 0 Å². The number of hydrogen-bond acceptors (Lipinski definition) is 3. The van der Waals surface area contributed by atoms with Crippen LogP contribution in [0.15, 0.2) is 77.9 Å². The number of carbonyl (C=O) groups is 1. The highest BCUT2D eigenvalue weighted by Crippen LogP contribution is 1.90. The Kier molecular flexibility index (Phi) is 6.92. The standard InChI is InChI=1S/C14H15N3O2/c18-14(19)17-13-8-6-4-2-1-3-5-7-9-15-10-11-16-12-13/h1-12,15,17H,(H,18,19)/b2-1+,5-3+,6-4-,9-7+,11-10-,13-8?,16-12?. The second-order valence-electron chi connectivity index (χ2n) is 3.33. The summed E-state index contributed by atoms with van der Waals surface area (Å²) < 4.78 is 0. The van der Waals surface area contributed by atoms with Gasteiger partial charge >= 0.3 is 6.09 Å². The molecule has 0 saturated heterocycles. The maximum Gasteiger partial charge on any atom is 0.409 e. The molecule has 0 atom stereocenters. The molecule has 0 aliphatic carbocycles. The predicted molar refractivity (Wildman–Crippen MR) is 76.6 cm³/mol. The molecular weight excluding hydrogens is 242 g/mol. The van der Waals surface area contributed by atoms with Crippen LogP contribution in [0.1, 0.15) is 0 Å². The maximum atomic E-state index is 10.6. The Labute approximate surface area is 111 Å². The molecule has 0 aromatic carbocycles. The highest BCUT2D eigenvalue weighted by Gasteiger charge is 1.96. The third kappa shape index (κ3) is 7.98. The smallest absolute Gasteiger partial charge is 0.409 e. The number of aliphatic imine (C=N–C) groups is 1. The van der Waals surface area contributed by atoms with Gasteiger partial charge in [0.15, 0.2) is 0 Å². The number of rotatable bonds is 1. The maximum absolute atomic E-state index is 10.6. The minimum atomic E-state index is -1.13. The van der Waals surface area contributed by atoms with Crippen molar-refractivity contribution >= 4 is 12.3 Å². The average molecular weight is 257 g/mol. The lowest BCUT2D eigenvalue weighted by atomic mass is 10.3. The highest BCUT2D eigenvalue weighted by atomic mass is 16.4. The SMILES string of the molecule is O=C(O)NC1=C\C=C/C=C/C=C/C=C/N/C=C\N=C1. The van der Waals surface area contributed by atoms with E-state index in [0.717, 1.165) is 0 Å². The van der Waals surface area contributed by atoms with Crippen LogP contribution >= 0.6 is 0 Å². The van der Waals surface area contributed by atoms with Crippen LogP contribution in [0.4, 0.5) is 4.79 Å². The summed E-state index contributed by atoms with van der Waals surface area (Å²) in [7, 11) is 0. The van der Waals surface area contributed by atoms with Gasteiger partial charge in [0.1, 0.15) is 0 Å². The zero-order chi connectivity index (χ0) is 13.8. The monoisotopic (exact) mass is 257 g/mol. The number of nitrogens with one attached hydrogen (secondary N) is 2. The zero-order valence-corrected chi connectivity index (χ0v) is 10.2. The molecule has 3 N–H and O–H groups in total. The van der Waals surface area contributed by atoms with Crippen molar-refractivity contribution < 1.29 is 9.90 Å². The van der Waals surface area contributed by atoms with E-state index in [4.69, 9.17) is 5.11 Å². The van der Waals surface area contributed by atoms with Crippen molar-refractivity contribution in [2.75, 3.05) is 0 Å². The van der Waals surface area contributed by atoms with Gasteiger partial charge < -0.3 is 10.4 Å². The lowest BCUT2D eigenvalue weighted by Crippen LogP contribution is -2.20. The molecule has 0 spiro atoms. The number of allylic oxidation sites excluding steroid dienone is 9. The second-order valence-corrected chi connectivity index (χ2v) is 3.33. The first-order valence-electron chi connectivity index (χ1n) is 5.60. The fraction of sp³-hybridized carbons (Fsp3) is 0. The van der Waals surface area contributed by atoms with E-state index in [-0.39, 0.29) is 0 Å². The van der Waals surface area contributed by atoms with Crippen molar-refractivity contribution in [3.63, 3.8) is 0 Å². The van der Waals surface area contributed by atoms with Gasteiger partial charge in [0.05, 0.1) is 11.9 Å². The van der Waals surface area contributed by atoms with Gasteiger partial charge in [0, 0.05) is 18.6 Å². The zero-order valence-electron chi connectivity index (χ0n) is 10.2. The van der Waals surface area contributed by atoms with E-state index in [1.54, 1.807) is 30.6 Å². The molecule has 98 valence electrons. The first-order chi connectivity index (χ1) is 9.29. The summed E-state index contributed by atoms with van der Waals surface area (Å²) in [5.41, 5.74) is 0.378. The summed E-state index contributed by atoms with van der Waals surface area (Å²) in [6.07, 6.45) is 19.6. The Hall–Kier alpha value is -2.82. The van der Waals surface area contributed by atoms with Crippen molar-refractivity contribution in [3.8, 4) is 0 Å². The van der Waals surface area contributed by atoms with Crippen molar-refractivity contribution in [2.24, 2.45) is 4.99 Å². The van der Waals surface area contributed by atoms with E-state index in [9.17, 15) is 4.79 Å². The van der Waals surface area contributed by atoms with Crippen molar-refractivity contribution in [3.05, 3.63) is 72.9 Å². The summed E-state index contributed by atoms with van der Waals surface area (Å²) in [5, 5.41) is 13.8. The molecule has 1 rings (SSSR count). The van der Waals surface area contributed by atoms with Crippen molar-refractivity contribution in [2.45, 2.75) is 0 Å². The van der Waals surface area contributed by atoms with Crippen LogP contribution in [0.5, 0.6) is 0 Å². The Morgan fingerprint density at radius 3 is 2.47 bits per heavy atom. The van der Waals surface area contributed by atoms with Gasteiger partial charge in [-0.25, -0.2) is 4.79 Å². The molecule has 0 saturated carbocycles. The summed E-state index contributed by atoms with van der Waals surface area (Å²) in [6.45, 7) is 0. The van der Waals surface area contributed by atoms with Gasteiger partial charge in [0.2, 0.25) is 0 Å². The predicted octanol–water partition coefficient (Wildman–Crippen LogP) is 2.47. The summed E-state index contributed by atoms with van der Waals surface area (Å²) in [4.78, 5) is 14.5. The fourth-order valence-electron chi connectivity index (χ4n) is 1.10. The normalized spacial score (nSPS) is 23.7. The van der Waals surface area contributed by atoms with Gasteiger partial charge in [-0.05, 0) is 12.2 Å². The van der Waals surface area contributed by atoms with Crippen molar-refractivity contribution in [1.29, 1.82) is 0 Å². The molecule has 1 heterocycles. The molecule has 0 aromatic rings. The van der Waals surface area contributed by atoms with Crippen LogP contribution in [0.2, 0.25) is 0 Å². The molecule has 0 unspecified atom stereocenters. The molecule has 0 bridgehead atoms. The Morgan fingerprint density at radius 1 is 1.05 bits per heavy atom. The van der Waals surface area contributed by atoms with Crippen LogP contribution in [-0.2, 0) is 0 Å². The van der Waals surface area contributed by atoms with Gasteiger partial charge in [-0.2, -0.15) is 0 Å². The number of amides is 1. The highest BCUT2D eigenvalue weighted by molar-refractivity contribution is 5.84. The molecule has 5 nitrogen and oxygen atoms in total. The van der Waals surface area contributed by atoms with E-state index >= 15 is 0 Å². The Balaban J connectivity index is 2.84. The molecular formula is C14H15N3O2. The molecule has 1 aliphatic rings. The number of carboxylic acid groups (broad SMARTS) is 1. The quantitative estimate of drug-likeness (QED) is 0.675. The number of hydrogen-bond donors (Lipinski definition) is 3. The largest absolute Gasteiger partial charge is 0.465 e.